The monoisotopic (exact) mass is 431 g/mol. The molecule has 2 heterocycles. The fraction of sp³-hybridized carbons (Fsp3) is 0.280. The topological polar surface area (TPSA) is 37.2 Å². The van der Waals surface area contributed by atoms with Crippen molar-refractivity contribution >= 4 is 27.8 Å². The highest BCUT2D eigenvalue weighted by atomic mass is 32.1. The lowest BCUT2D eigenvalue weighted by Crippen LogP contribution is -2.22. The third kappa shape index (κ3) is 4.35. The Hall–Kier alpha value is -3.12. The molecule has 0 aliphatic heterocycles. The van der Waals surface area contributed by atoms with E-state index in [-0.39, 0.29) is 0 Å². The second-order valence-electron chi connectivity index (χ2n) is 7.42. The van der Waals surface area contributed by atoms with Gasteiger partial charge in [0.15, 0.2) is 5.13 Å². The molecule has 2 aromatic carbocycles. The zero-order chi connectivity index (χ0) is 21.8. The minimum absolute atomic E-state index is 0.873. The second kappa shape index (κ2) is 9.35. The first kappa shape index (κ1) is 21.1. The van der Waals surface area contributed by atoms with E-state index in [1.807, 2.05) is 17.1 Å². The third-order valence-electron chi connectivity index (χ3n) is 5.60. The summed E-state index contributed by atoms with van der Waals surface area (Å²) in [5, 5.41) is 3.17. The molecule has 4 rings (SSSR count). The largest absolute Gasteiger partial charge is 0.372 e. The summed E-state index contributed by atoms with van der Waals surface area (Å²) < 4.78 is 2.00. The van der Waals surface area contributed by atoms with Crippen molar-refractivity contribution in [2.24, 2.45) is 0 Å². The van der Waals surface area contributed by atoms with Gasteiger partial charge in [0.25, 0.3) is 0 Å². The van der Waals surface area contributed by atoms with Crippen molar-refractivity contribution in [2.75, 3.05) is 29.4 Å². The van der Waals surface area contributed by atoms with Gasteiger partial charge in [0.2, 0.25) is 0 Å². The van der Waals surface area contributed by atoms with Crippen molar-refractivity contribution in [3.8, 4) is 16.9 Å². The van der Waals surface area contributed by atoms with Gasteiger partial charge in [-0.25, -0.2) is 9.97 Å². The summed E-state index contributed by atoms with van der Waals surface area (Å²) in [4.78, 5) is 13.8. The lowest BCUT2D eigenvalue weighted by atomic mass is 10.1. The Kier molecular flexibility index (Phi) is 6.37. The Balaban J connectivity index is 1.58. The molecular weight excluding hydrogens is 402 g/mol. The second-order valence-corrected chi connectivity index (χ2v) is 8.26. The van der Waals surface area contributed by atoms with Gasteiger partial charge in [0.1, 0.15) is 0 Å². The minimum atomic E-state index is 0.873. The number of nitrogens with zero attached hydrogens (tertiary/aromatic N) is 5. The first-order valence-corrected chi connectivity index (χ1v) is 11.7. The van der Waals surface area contributed by atoms with Crippen LogP contribution in [0.25, 0.3) is 16.9 Å². The van der Waals surface area contributed by atoms with E-state index in [0.29, 0.717) is 0 Å². The van der Waals surface area contributed by atoms with Gasteiger partial charge < -0.3 is 14.4 Å². The average molecular weight is 432 g/mol. The molecule has 0 fully saturated rings. The maximum Gasteiger partial charge on any atom is 0.190 e. The Morgan fingerprint density at radius 1 is 0.968 bits per heavy atom. The summed E-state index contributed by atoms with van der Waals surface area (Å²) in [5.41, 5.74) is 6.99. The van der Waals surface area contributed by atoms with Crippen molar-refractivity contribution < 1.29 is 0 Å². The Morgan fingerprint density at radius 2 is 1.74 bits per heavy atom. The quantitative estimate of drug-likeness (QED) is 0.328. The normalized spacial score (nSPS) is 11.0. The van der Waals surface area contributed by atoms with Crippen LogP contribution in [-0.2, 0) is 0 Å². The molecule has 5 nitrogen and oxygen atoms in total. The molecular formula is C25H29N5S. The van der Waals surface area contributed by atoms with Crippen LogP contribution in [0.5, 0.6) is 0 Å². The smallest absolute Gasteiger partial charge is 0.190 e. The highest BCUT2D eigenvalue weighted by Crippen LogP contribution is 2.35. The first-order chi connectivity index (χ1) is 15.1. The molecule has 0 aliphatic carbocycles. The standard InChI is InChI=1S/C25H29N5S/c1-5-28(6-2)22-12-13-24(19(4)16-22)30(7-3)25-27-23(17-31-25)20-8-10-21(11-9-20)29-15-14-26-18-29/h8-18H,5-7H2,1-4H3. The number of anilines is 3. The highest BCUT2D eigenvalue weighted by Gasteiger charge is 2.16. The molecule has 4 aromatic rings. The van der Waals surface area contributed by atoms with Crippen LogP contribution in [0.2, 0.25) is 0 Å². The zero-order valence-electron chi connectivity index (χ0n) is 18.6. The van der Waals surface area contributed by atoms with Gasteiger partial charge in [-0.1, -0.05) is 12.1 Å². The van der Waals surface area contributed by atoms with E-state index >= 15 is 0 Å². The van der Waals surface area contributed by atoms with Crippen molar-refractivity contribution in [3.05, 3.63) is 72.1 Å². The van der Waals surface area contributed by atoms with Crippen LogP contribution in [0, 0.1) is 6.92 Å². The number of aromatic nitrogens is 3. The van der Waals surface area contributed by atoms with Gasteiger partial charge in [-0.15, -0.1) is 11.3 Å². The molecule has 0 radical (unpaired) electrons. The molecule has 0 spiro atoms. The summed E-state index contributed by atoms with van der Waals surface area (Å²) in [7, 11) is 0. The number of hydrogen-bond donors (Lipinski definition) is 0. The summed E-state index contributed by atoms with van der Waals surface area (Å²) >= 11 is 1.69. The molecule has 0 bridgehead atoms. The van der Waals surface area contributed by atoms with E-state index in [1.54, 1.807) is 17.5 Å². The van der Waals surface area contributed by atoms with E-state index in [1.165, 1.54) is 16.9 Å². The molecule has 0 aliphatic rings. The van der Waals surface area contributed by atoms with E-state index in [2.05, 4.69) is 90.3 Å². The number of aryl methyl sites for hydroxylation is 1. The molecule has 6 heteroatoms. The molecule has 0 unspecified atom stereocenters. The highest BCUT2D eigenvalue weighted by molar-refractivity contribution is 7.14. The maximum atomic E-state index is 4.97. The number of thiazole rings is 1. The van der Waals surface area contributed by atoms with Gasteiger partial charge in [-0.2, -0.15) is 0 Å². The third-order valence-corrected chi connectivity index (χ3v) is 6.47. The SMILES string of the molecule is CCN(CC)c1ccc(N(CC)c2nc(-c3ccc(-n4ccnc4)cc3)cs2)c(C)c1. The fourth-order valence-electron chi connectivity index (χ4n) is 3.87. The van der Waals surface area contributed by atoms with Gasteiger partial charge in [-0.3, -0.25) is 0 Å². The van der Waals surface area contributed by atoms with Crippen LogP contribution in [-0.4, -0.2) is 34.2 Å². The maximum absolute atomic E-state index is 4.97. The molecule has 0 atom stereocenters. The van der Waals surface area contributed by atoms with E-state index in [9.17, 15) is 0 Å². The molecule has 2 aromatic heterocycles. The van der Waals surface area contributed by atoms with Crippen LogP contribution in [0.15, 0.2) is 66.6 Å². The lowest BCUT2D eigenvalue weighted by molar-refractivity contribution is 0.865. The predicted molar refractivity (Wildman–Crippen MR) is 132 cm³/mol. The van der Waals surface area contributed by atoms with Crippen LogP contribution < -0.4 is 9.80 Å². The Morgan fingerprint density at radius 3 is 2.35 bits per heavy atom. The first-order valence-electron chi connectivity index (χ1n) is 10.8. The minimum Gasteiger partial charge on any atom is -0.372 e. The van der Waals surface area contributed by atoms with E-state index in [4.69, 9.17) is 4.98 Å². The summed E-state index contributed by atoms with van der Waals surface area (Å²) in [6.07, 6.45) is 5.54. The molecule has 160 valence electrons. The number of benzene rings is 2. The zero-order valence-corrected chi connectivity index (χ0v) is 19.4. The van der Waals surface area contributed by atoms with Crippen LogP contribution in [0.3, 0.4) is 0 Å². The van der Waals surface area contributed by atoms with Crippen molar-refractivity contribution in [3.63, 3.8) is 0 Å². The Bertz CT molecular complexity index is 1110. The van der Waals surface area contributed by atoms with E-state index in [0.717, 1.165) is 41.7 Å². The predicted octanol–water partition coefficient (Wildman–Crippen LogP) is 6.31. The fourth-order valence-corrected chi connectivity index (χ4v) is 4.79. The van der Waals surface area contributed by atoms with Crippen molar-refractivity contribution in [1.29, 1.82) is 0 Å². The van der Waals surface area contributed by atoms with Crippen LogP contribution in [0.4, 0.5) is 16.5 Å². The molecule has 31 heavy (non-hydrogen) atoms. The van der Waals surface area contributed by atoms with Crippen molar-refractivity contribution in [2.45, 2.75) is 27.7 Å². The summed E-state index contributed by atoms with van der Waals surface area (Å²) in [6, 6.07) is 15.2. The summed E-state index contributed by atoms with van der Waals surface area (Å²) in [6.45, 7) is 11.7. The van der Waals surface area contributed by atoms with Gasteiger partial charge in [0.05, 0.1) is 12.0 Å². The molecule has 0 saturated carbocycles. The lowest BCUT2D eigenvalue weighted by Gasteiger charge is -2.26. The number of imidazole rings is 1. The van der Waals surface area contributed by atoms with Crippen molar-refractivity contribution in [1.82, 2.24) is 14.5 Å². The van der Waals surface area contributed by atoms with Gasteiger partial charge >= 0.3 is 0 Å². The molecule has 0 N–H and O–H groups in total. The number of rotatable bonds is 8. The van der Waals surface area contributed by atoms with Crippen LogP contribution >= 0.6 is 11.3 Å². The Labute approximate surface area is 188 Å². The van der Waals surface area contributed by atoms with Crippen LogP contribution in [0.1, 0.15) is 26.3 Å². The van der Waals surface area contributed by atoms with E-state index < -0.39 is 0 Å². The molecule has 0 saturated heterocycles. The average Bonchev–Trinajstić information content (AvgIpc) is 3.49. The summed E-state index contributed by atoms with van der Waals surface area (Å²) in [5.74, 6) is 0. The number of hydrogen-bond acceptors (Lipinski definition) is 5. The van der Waals surface area contributed by atoms with Gasteiger partial charge in [-0.05, 0) is 63.6 Å². The van der Waals surface area contributed by atoms with Gasteiger partial charge in [0, 0.05) is 60.0 Å². The molecule has 0 amide bonds.